The summed E-state index contributed by atoms with van der Waals surface area (Å²) in [7, 11) is 0. The number of anilines is 2. The molecular formula is C22H20F3N5O3. The number of hydrogen-bond donors (Lipinski definition) is 1. The van der Waals surface area contributed by atoms with E-state index < -0.39 is 23.7 Å². The number of rotatable bonds is 5. The standard InChI is InChI=1S/C22H20F3N5O3/c1-14(19(31)27-16-6-3-2-5-15(16)22(23,24)25)29-8-10-30(11-9-29)21-17(13-26)28-20(33-21)18-7-4-12-32-18/h2-7,12,14H,8-11H2,1H3,(H,27,31)/t14-/m1/s1. The number of aromatic nitrogens is 1. The first-order chi connectivity index (χ1) is 15.8. The van der Waals surface area contributed by atoms with Crippen LogP contribution in [0.3, 0.4) is 0 Å². The van der Waals surface area contributed by atoms with E-state index >= 15 is 0 Å². The number of para-hydroxylation sites is 1. The number of carbonyl (C=O) groups is 1. The van der Waals surface area contributed by atoms with E-state index in [1.54, 1.807) is 19.1 Å². The van der Waals surface area contributed by atoms with E-state index in [0.29, 0.717) is 37.8 Å². The van der Waals surface area contributed by atoms with Gasteiger partial charge in [0.15, 0.2) is 5.76 Å². The van der Waals surface area contributed by atoms with Crippen molar-refractivity contribution in [3.05, 3.63) is 53.9 Å². The third-order valence-corrected chi connectivity index (χ3v) is 5.47. The summed E-state index contributed by atoms with van der Waals surface area (Å²) in [5.41, 5.74) is -1.03. The first-order valence-corrected chi connectivity index (χ1v) is 10.2. The molecule has 0 saturated carbocycles. The Morgan fingerprint density at radius 3 is 2.55 bits per heavy atom. The van der Waals surface area contributed by atoms with Crippen molar-refractivity contribution in [2.45, 2.75) is 19.1 Å². The van der Waals surface area contributed by atoms with E-state index in [2.05, 4.69) is 10.3 Å². The Hall–Kier alpha value is -3.78. The first-order valence-electron chi connectivity index (χ1n) is 10.2. The average Bonchev–Trinajstić information content (AvgIpc) is 3.48. The highest BCUT2D eigenvalue weighted by Crippen LogP contribution is 2.35. The van der Waals surface area contributed by atoms with Crippen LogP contribution in [0, 0.1) is 11.3 Å². The first kappa shape index (κ1) is 22.4. The van der Waals surface area contributed by atoms with Crippen molar-refractivity contribution in [3.63, 3.8) is 0 Å². The van der Waals surface area contributed by atoms with E-state index in [0.717, 1.165) is 6.07 Å². The summed E-state index contributed by atoms with van der Waals surface area (Å²) in [6.07, 6.45) is -3.09. The fourth-order valence-electron chi connectivity index (χ4n) is 3.66. The van der Waals surface area contributed by atoms with Gasteiger partial charge in [-0.2, -0.15) is 23.4 Å². The van der Waals surface area contributed by atoms with Crippen LogP contribution >= 0.6 is 0 Å². The minimum absolute atomic E-state index is 0.129. The highest BCUT2D eigenvalue weighted by Gasteiger charge is 2.35. The number of hydrogen-bond acceptors (Lipinski definition) is 7. The van der Waals surface area contributed by atoms with Gasteiger partial charge < -0.3 is 19.1 Å². The van der Waals surface area contributed by atoms with Gasteiger partial charge in [-0.05, 0) is 31.2 Å². The van der Waals surface area contributed by atoms with Gasteiger partial charge in [0.1, 0.15) is 6.07 Å². The Morgan fingerprint density at radius 1 is 1.18 bits per heavy atom. The number of alkyl halides is 3. The fourth-order valence-corrected chi connectivity index (χ4v) is 3.66. The van der Waals surface area contributed by atoms with Crippen LogP contribution < -0.4 is 10.2 Å². The molecule has 33 heavy (non-hydrogen) atoms. The normalized spacial score (nSPS) is 15.8. The molecule has 0 spiro atoms. The summed E-state index contributed by atoms with van der Waals surface area (Å²) >= 11 is 0. The number of nitrogens with zero attached hydrogens (tertiary/aromatic N) is 4. The zero-order chi connectivity index (χ0) is 23.6. The Labute approximate surface area is 187 Å². The molecule has 1 fully saturated rings. The van der Waals surface area contributed by atoms with Crippen LogP contribution in [0.5, 0.6) is 0 Å². The van der Waals surface area contributed by atoms with Gasteiger partial charge in [-0.15, -0.1) is 0 Å². The van der Waals surface area contributed by atoms with E-state index in [1.165, 1.54) is 24.5 Å². The van der Waals surface area contributed by atoms with Crippen molar-refractivity contribution in [3.8, 4) is 17.7 Å². The van der Waals surface area contributed by atoms with Gasteiger partial charge in [-0.1, -0.05) is 12.1 Å². The lowest BCUT2D eigenvalue weighted by molar-refractivity contribution is -0.137. The molecule has 1 saturated heterocycles. The van der Waals surface area contributed by atoms with Crippen LogP contribution in [0.15, 0.2) is 51.5 Å². The molecule has 0 aliphatic carbocycles. The Balaban J connectivity index is 1.41. The van der Waals surface area contributed by atoms with E-state index in [4.69, 9.17) is 8.83 Å². The molecule has 11 heteroatoms. The molecule has 1 amide bonds. The molecule has 3 aromatic rings. The SMILES string of the molecule is C[C@H](C(=O)Nc1ccccc1C(F)(F)F)N1CCN(c2oc(-c3ccco3)nc2C#N)CC1. The van der Waals surface area contributed by atoms with Crippen molar-refractivity contribution in [1.29, 1.82) is 5.26 Å². The predicted molar refractivity (Wildman–Crippen MR) is 112 cm³/mol. The molecule has 1 aliphatic rings. The monoisotopic (exact) mass is 459 g/mol. The average molecular weight is 459 g/mol. The smallest absolute Gasteiger partial charge is 0.418 e. The molecule has 8 nitrogen and oxygen atoms in total. The third-order valence-electron chi connectivity index (χ3n) is 5.47. The Bertz CT molecular complexity index is 1160. The fraction of sp³-hybridized carbons (Fsp3) is 0.318. The summed E-state index contributed by atoms with van der Waals surface area (Å²) in [6, 6.07) is 9.59. The summed E-state index contributed by atoms with van der Waals surface area (Å²) in [4.78, 5) is 20.5. The Kier molecular flexibility index (Phi) is 6.11. The number of piperazine rings is 1. The van der Waals surface area contributed by atoms with Crippen LogP contribution in [0.1, 0.15) is 18.2 Å². The lowest BCUT2D eigenvalue weighted by Crippen LogP contribution is -2.53. The van der Waals surface area contributed by atoms with Crippen LogP contribution in [0.2, 0.25) is 0 Å². The molecule has 1 aromatic carbocycles. The molecule has 0 unspecified atom stereocenters. The molecule has 4 rings (SSSR count). The van der Waals surface area contributed by atoms with E-state index in [-0.39, 0.29) is 17.3 Å². The van der Waals surface area contributed by atoms with Gasteiger partial charge in [0.2, 0.25) is 17.5 Å². The molecule has 3 heterocycles. The predicted octanol–water partition coefficient (Wildman–Crippen LogP) is 3.97. The number of amides is 1. The second kappa shape index (κ2) is 8.99. The van der Waals surface area contributed by atoms with Gasteiger partial charge in [-0.25, -0.2) is 0 Å². The number of halogens is 3. The maximum Gasteiger partial charge on any atom is 0.418 e. The molecule has 0 radical (unpaired) electrons. The van der Waals surface area contributed by atoms with Crippen LogP contribution in [-0.2, 0) is 11.0 Å². The molecule has 172 valence electrons. The zero-order valence-corrected chi connectivity index (χ0v) is 17.6. The van der Waals surface area contributed by atoms with Crippen LogP contribution in [0.25, 0.3) is 11.7 Å². The maximum absolute atomic E-state index is 13.2. The molecular weight excluding hydrogens is 439 g/mol. The summed E-state index contributed by atoms with van der Waals surface area (Å²) < 4.78 is 50.6. The number of nitrogens with one attached hydrogen (secondary N) is 1. The van der Waals surface area contributed by atoms with Crippen LogP contribution in [-0.4, -0.2) is 48.0 Å². The van der Waals surface area contributed by atoms with Crippen molar-refractivity contribution < 1.29 is 26.8 Å². The highest BCUT2D eigenvalue weighted by atomic mass is 19.4. The second-order valence-corrected chi connectivity index (χ2v) is 7.49. The minimum Gasteiger partial charge on any atom is -0.459 e. The lowest BCUT2D eigenvalue weighted by atomic mass is 10.1. The number of carbonyl (C=O) groups excluding carboxylic acids is 1. The highest BCUT2D eigenvalue weighted by molar-refractivity contribution is 5.95. The number of benzene rings is 1. The minimum atomic E-state index is -4.57. The topological polar surface area (TPSA) is 98.5 Å². The summed E-state index contributed by atoms with van der Waals surface area (Å²) in [6.45, 7) is 3.41. The molecule has 2 aromatic heterocycles. The molecule has 1 N–H and O–H groups in total. The third kappa shape index (κ3) is 4.70. The summed E-state index contributed by atoms with van der Waals surface area (Å²) in [5.74, 6) is 0.392. The van der Waals surface area contributed by atoms with Gasteiger partial charge in [0.25, 0.3) is 5.89 Å². The number of furan rings is 1. The Morgan fingerprint density at radius 2 is 1.91 bits per heavy atom. The molecule has 1 aliphatic heterocycles. The maximum atomic E-state index is 13.2. The molecule has 0 bridgehead atoms. The summed E-state index contributed by atoms with van der Waals surface area (Å²) in [5, 5.41) is 11.8. The number of oxazole rings is 1. The van der Waals surface area contributed by atoms with Crippen LogP contribution in [0.4, 0.5) is 24.7 Å². The van der Waals surface area contributed by atoms with Gasteiger partial charge in [0, 0.05) is 26.2 Å². The second-order valence-electron chi connectivity index (χ2n) is 7.49. The van der Waals surface area contributed by atoms with E-state index in [1.807, 2.05) is 15.9 Å². The van der Waals surface area contributed by atoms with Gasteiger partial charge >= 0.3 is 6.18 Å². The van der Waals surface area contributed by atoms with Crippen molar-refractivity contribution in [1.82, 2.24) is 9.88 Å². The zero-order valence-electron chi connectivity index (χ0n) is 17.6. The van der Waals surface area contributed by atoms with E-state index in [9.17, 15) is 23.2 Å². The van der Waals surface area contributed by atoms with Crippen molar-refractivity contribution >= 4 is 17.5 Å². The largest absolute Gasteiger partial charge is 0.459 e. The van der Waals surface area contributed by atoms with Gasteiger partial charge in [-0.3, -0.25) is 9.69 Å². The molecule has 1 atom stereocenters. The quantitative estimate of drug-likeness (QED) is 0.616. The number of nitriles is 1. The van der Waals surface area contributed by atoms with Crippen molar-refractivity contribution in [2.24, 2.45) is 0 Å². The van der Waals surface area contributed by atoms with Gasteiger partial charge in [0.05, 0.1) is 23.6 Å². The van der Waals surface area contributed by atoms with Crippen molar-refractivity contribution in [2.75, 3.05) is 36.4 Å². The lowest BCUT2D eigenvalue weighted by Gasteiger charge is -2.37.